The third-order valence-corrected chi connectivity index (χ3v) is 5.65. The van der Waals surface area contributed by atoms with Gasteiger partial charge in [0.1, 0.15) is 0 Å². The molecule has 0 aliphatic carbocycles. The summed E-state index contributed by atoms with van der Waals surface area (Å²) in [5.74, 6) is -0.107. The van der Waals surface area contributed by atoms with Crippen molar-refractivity contribution in [3.63, 3.8) is 0 Å². The van der Waals surface area contributed by atoms with Gasteiger partial charge in [0.25, 0.3) is 5.91 Å². The average Bonchev–Trinajstić information content (AvgIpc) is 3.09. The Balaban J connectivity index is 1.68. The highest BCUT2D eigenvalue weighted by Gasteiger charge is 2.21. The molecule has 0 saturated carbocycles. The Bertz CT molecular complexity index is 749. The first-order valence-corrected chi connectivity index (χ1v) is 9.83. The number of rotatable bonds is 5. The van der Waals surface area contributed by atoms with Crippen LogP contribution in [0.5, 0.6) is 0 Å². The van der Waals surface area contributed by atoms with Gasteiger partial charge in [-0.25, -0.2) is 4.98 Å². The highest BCUT2D eigenvalue weighted by atomic mass is 32.1. The Hall–Kier alpha value is -1.73. The van der Waals surface area contributed by atoms with Crippen LogP contribution in [0.15, 0.2) is 6.07 Å². The Morgan fingerprint density at radius 3 is 2.92 bits per heavy atom. The minimum atomic E-state index is -0.107. The summed E-state index contributed by atoms with van der Waals surface area (Å²) in [6.45, 7) is 11.8. The summed E-state index contributed by atoms with van der Waals surface area (Å²) in [6.07, 6.45) is 1.95. The molecule has 3 rings (SSSR count). The number of hydrogen-bond acceptors (Lipinski definition) is 5. The Kier molecular flexibility index (Phi) is 5.54. The van der Waals surface area contributed by atoms with Gasteiger partial charge in [-0.1, -0.05) is 6.92 Å². The van der Waals surface area contributed by atoms with E-state index in [2.05, 4.69) is 41.1 Å². The van der Waals surface area contributed by atoms with E-state index in [1.165, 1.54) is 0 Å². The minimum Gasteiger partial charge on any atom is -0.346 e. The van der Waals surface area contributed by atoms with Crippen LogP contribution in [-0.4, -0.2) is 38.2 Å². The van der Waals surface area contributed by atoms with E-state index in [9.17, 15) is 4.79 Å². The van der Waals surface area contributed by atoms with Crippen molar-refractivity contribution in [2.24, 2.45) is 0 Å². The fourth-order valence-corrected chi connectivity index (χ4v) is 4.18. The lowest BCUT2D eigenvalue weighted by molar-refractivity contribution is 0.0945. The normalized spacial score (nSPS) is 15.2. The highest BCUT2D eigenvalue weighted by molar-refractivity contribution is 7.11. The van der Waals surface area contributed by atoms with Crippen LogP contribution in [0.25, 0.3) is 0 Å². The van der Waals surface area contributed by atoms with E-state index < -0.39 is 0 Å². The molecule has 136 valence electrons. The number of carbonyl (C=O) groups excluding carboxylic acids is 1. The van der Waals surface area contributed by atoms with Gasteiger partial charge in [0.05, 0.1) is 22.9 Å². The van der Waals surface area contributed by atoms with Gasteiger partial charge in [-0.3, -0.25) is 14.4 Å². The summed E-state index contributed by atoms with van der Waals surface area (Å²) in [4.78, 5) is 20.6. The number of aryl methyl sites for hydroxylation is 3. The van der Waals surface area contributed by atoms with Crippen molar-refractivity contribution in [2.75, 3.05) is 6.54 Å². The molecule has 0 unspecified atom stereocenters. The molecule has 25 heavy (non-hydrogen) atoms. The van der Waals surface area contributed by atoms with Gasteiger partial charge in [0.2, 0.25) is 0 Å². The monoisotopic (exact) mass is 361 g/mol. The molecule has 0 saturated heterocycles. The van der Waals surface area contributed by atoms with Gasteiger partial charge in [-0.15, -0.1) is 11.3 Å². The molecule has 2 aromatic rings. The summed E-state index contributed by atoms with van der Waals surface area (Å²) < 4.78 is 1.99. The number of nitrogens with one attached hydrogen (secondary N) is 1. The molecular formula is C18H27N5OS. The molecule has 0 aromatic carbocycles. The van der Waals surface area contributed by atoms with Crippen LogP contribution in [0.1, 0.15) is 59.0 Å². The SMILES string of the molecule is CCc1nc(C)sc1CNC(=O)c1cc2n(n1)CCCN(C(C)C)C2. The number of fused-ring (bicyclic) bond motifs is 1. The second kappa shape index (κ2) is 7.66. The van der Waals surface area contributed by atoms with Crippen molar-refractivity contribution in [1.29, 1.82) is 0 Å². The van der Waals surface area contributed by atoms with E-state index in [0.29, 0.717) is 18.3 Å². The molecule has 0 radical (unpaired) electrons. The van der Waals surface area contributed by atoms with Gasteiger partial charge in [0, 0.05) is 30.6 Å². The first-order valence-electron chi connectivity index (χ1n) is 9.02. The first kappa shape index (κ1) is 18.1. The number of carbonyl (C=O) groups is 1. The maximum absolute atomic E-state index is 12.5. The summed E-state index contributed by atoms with van der Waals surface area (Å²) in [7, 11) is 0. The number of thiazole rings is 1. The van der Waals surface area contributed by atoms with Crippen molar-refractivity contribution < 1.29 is 4.79 Å². The van der Waals surface area contributed by atoms with Crippen LogP contribution in [-0.2, 0) is 26.1 Å². The van der Waals surface area contributed by atoms with Crippen molar-refractivity contribution in [3.05, 3.63) is 33.0 Å². The maximum Gasteiger partial charge on any atom is 0.272 e. The van der Waals surface area contributed by atoms with Gasteiger partial charge in [0.15, 0.2) is 5.69 Å². The van der Waals surface area contributed by atoms with E-state index in [4.69, 9.17) is 0 Å². The fraction of sp³-hybridized carbons (Fsp3) is 0.611. The topological polar surface area (TPSA) is 63.1 Å². The van der Waals surface area contributed by atoms with E-state index in [1.54, 1.807) is 11.3 Å². The summed E-state index contributed by atoms with van der Waals surface area (Å²) >= 11 is 1.65. The summed E-state index contributed by atoms with van der Waals surface area (Å²) in [6, 6.07) is 2.44. The standard InChI is InChI=1S/C18H27N5OS/c1-5-15-17(25-13(4)20-15)10-19-18(24)16-9-14-11-22(12(2)3)7-6-8-23(14)21-16/h9,12H,5-8,10-11H2,1-4H3,(H,19,24). The lowest BCUT2D eigenvalue weighted by Gasteiger charge is -2.23. The molecule has 1 amide bonds. The fourth-order valence-electron chi connectivity index (χ4n) is 3.22. The average molecular weight is 362 g/mol. The zero-order valence-electron chi connectivity index (χ0n) is 15.5. The molecule has 1 aliphatic heterocycles. The molecule has 0 fully saturated rings. The van der Waals surface area contributed by atoms with Crippen molar-refractivity contribution in [3.8, 4) is 0 Å². The van der Waals surface area contributed by atoms with Gasteiger partial charge in [-0.05, 0) is 39.7 Å². The van der Waals surface area contributed by atoms with E-state index in [0.717, 1.165) is 53.7 Å². The number of hydrogen-bond donors (Lipinski definition) is 1. The van der Waals surface area contributed by atoms with E-state index in [-0.39, 0.29) is 5.91 Å². The molecule has 0 spiro atoms. The highest BCUT2D eigenvalue weighted by Crippen LogP contribution is 2.19. The third-order valence-electron chi connectivity index (χ3n) is 4.64. The van der Waals surface area contributed by atoms with E-state index in [1.807, 2.05) is 17.7 Å². The van der Waals surface area contributed by atoms with Crippen LogP contribution in [0.4, 0.5) is 0 Å². The van der Waals surface area contributed by atoms with Crippen LogP contribution < -0.4 is 5.32 Å². The first-order chi connectivity index (χ1) is 12.0. The van der Waals surface area contributed by atoms with Crippen molar-refractivity contribution in [1.82, 2.24) is 25.0 Å². The molecule has 0 atom stereocenters. The second-order valence-corrected chi connectivity index (χ2v) is 8.09. The van der Waals surface area contributed by atoms with Crippen LogP contribution in [0.2, 0.25) is 0 Å². The van der Waals surface area contributed by atoms with Crippen molar-refractivity contribution in [2.45, 2.75) is 66.2 Å². The Morgan fingerprint density at radius 1 is 1.40 bits per heavy atom. The zero-order chi connectivity index (χ0) is 18.0. The molecular weight excluding hydrogens is 334 g/mol. The van der Waals surface area contributed by atoms with E-state index >= 15 is 0 Å². The van der Waals surface area contributed by atoms with Gasteiger partial charge >= 0.3 is 0 Å². The third kappa shape index (κ3) is 4.10. The number of amides is 1. The van der Waals surface area contributed by atoms with Crippen LogP contribution in [0.3, 0.4) is 0 Å². The number of nitrogens with zero attached hydrogens (tertiary/aromatic N) is 4. The Labute approximate surface area is 153 Å². The zero-order valence-corrected chi connectivity index (χ0v) is 16.3. The molecule has 1 aliphatic rings. The smallest absolute Gasteiger partial charge is 0.272 e. The second-order valence-electron chi connectivity index (χ2n) is 6.80. The largest absolute Gasteiger partial charge is 0.346 e. The van der Waals surface area contributed by atoms with Crippen molar-refractivity contribution >= 4 is 17.2 Å². The van der Waals surface area contributed by atoms with Gasteiger partial charge in [-0.2, -0.15) is 5.10 Å². The molecule has 0 bridgehead atoms. The lowest BCUT2D eigenvalue weighted by Crippen LogP contribution is -2.30. The molecule has 6 nitrogen and oxygen atoms in total. The molecule has 2 aromatic heterocycles. The molecule has 1 N–H and O–H groups in total. The number of aromatic nitrogens is 3. The predicted molar refractivity (Wildman–Crippen MR) is 99.8 cm³/mol. The molecule has 3 heterocycles. The summed E-state index contributed by atoms with van der Waals surface area (Å²) in [5.41, 5.74) is 2.72. The maximum atomic E-state index is 12.5. The summed E-state index contributed by atoms with van der Waals surface area (Å²) in [5, 5.41) is 8.58. The van der Waals surface area contributed by atoms with Gasteiger partial charge < -0.3 is 5.32 Å². The van der Waals surface area contributed by atoms with Crippen LogP contribution in [0, 0.1) is 6.92 Å². The molecule has 7 heteroatoms. The predicted octanol–water partition coefficient (Wildman–Crippen LogP) is 2.75. The lowest BCUT2D eigenvalue weighted by atomic mass is 10.2. The Morgan fingerprint density at radius 2 is 2.20 bits per heavy atom. The van der Waals surface area contributed by atoms with Crippen LogP contribution >= 0.6 is 11.3 Å². The quantitative estimate of drug-likeness (QED) is 0.889. The minimum absolute atomic E-state index is 0.107.